The normalized spacial score (nSPS) is 11.2. The van der Waals surface area contributed by atoms with E-state index in [9.17, 15) is 4.79 Å². The Morgan fingerprint density at radius 3 is 1.44 bits per heavy atom. The Morgan fingerprint density at radius 2 is 1.12 bits per heavy atom. The van der Waals surface area contributed by atoms with Gasteiger partial charge in [-0.25, -0.2) is 4.79 Å². The third-order valence-electron chi connectivity index (χ3n) is 4.04. The van der Waals surface area contributed by atoms with Crippen LogP contribution in [-0.4, -0.2) is 17.7 Å². The van der Waals surface area contributed by atoms with Crippen LogP contribution < -0.4 is 5.48 Å². The predicted molar refractivity (Wildman–Crippen MR) is 95.9 cm³/mol. The summed E-state index contributed by atoms with van der Waals surface area (Å²) in [5.74, 6) is -1.03. The molecule has 0 fully saturated rings. The number of nitrogens with one attached hydrogen (secondary N) is 1. The molecule has 3 aromatic carbocycles. The summed E-state index contributed by atoms with van der Waals surface area (Å²) in [6, 6.07) is 29.5. The Morgan fingerprint density at radius 1 is 0.760 bits per heavy atom. The smallest absolute Gasteiger partial charge is 0.331 e. The summed E-state index contributed by atoms with van der Waals surface area (Å²) in [4.78, 5) is 16.3. The highest BCUT2D eigenvalue weighted by atomic mass is 16.7. The fourth-order valence-electron chi connectivity index (χ4n) is 2.95. The van der Waals surface area contributed by atoms with Gasteiger partial charge in [-0.3, -0.25) is 4.84 Å². The van der Waals surface area contributed by atoms with E-state index in [-0.39, 0.29) is 0 Å². The molecule has 0 spiro atoms. The number of hydrogen-bond donors (Lipinski definition) is 2. The van der Waals surface area contributed by atoms with Gasteiger partial charge in [0.2, 0.25) is 0 Å². The summed E-state index contributed by atoms with van der Waals surface area (Å²) in [5, 5.41) is 8.96. The lowest BCUT2D eigenvalue weighted by atomic mass is 9.78. The van der Waals surface area contributed by atoms with Gasteiger partial charge in [0.05, 0.1) is 0 Å². The van der Waals surface area contributed by atoms with Gasteiger partial charge in [-0.15, -0.1) is 0 Å². The second kappa shape index (κ2) is 7.75. The Labute approximate surface area is 146 Å². The highest BCUT2D eigenvalue weighted by molar-refractivity contribution is 5.68. The molecule has 0 radical (unpaired) electrons. The first-order valence-electron chi connectivity index (χ1n) is 8.01. The number of benzene rings is 3. The van der Waals surface area contributed by atoms with Crippen molar-refractivity contribution in [1.29, 1.82) is 0 Å². The maximum atomic E-state index is 10.9. The zero-order valence-electron chi connectivity index (χ0n) is 13.6. The summed E-state index contributed by atoms with van der Waals surface area (Å²) < 4.78 is 0. The van der Waals surface area contributed by atoms with Crippen LogP contribution in [0.25, 0.3) is 0 Å². The molecule has 3 aromatic rings. The van der Waals surface area contributed by atoms with Crippen LogP contribution >= 0.6 is 0 Å². The van der Waals surface area contributed by atoms with Gasteiger partial charge in [0, 0.05) is 0 Å². The Bertz CT molecular complexity index is 708. The number of hydroxylamine groups is 1. The molecule has 0 aliphatic rings. The molecule has 0 bridgehead atoms. The summed E-state index contributed by atoms with van der Waals surface area (Å²) in [6.45, 7) is -0.436. The van der Waals surface area contributed by atoms with Crippen LogP contribution in [0.1, 0.15) is 16.7 Å². The van der Waals surface area contributed by atoms with Crippen LogP contribution in [0.5, 0.6) is 0 Å². The summed E-state index contributed by atoms with van der Waals surface area (Å²) in [6.07, 6.45) is 0. The molecule has 4 heteroatoms. The second-order valence-electron chi connectivity index (χ2n) is 5.63. The van der Waals surface area contributed by atoms with Crippen molar-refractivity contribution in [2.24, 2.45) is 0 Å². The highest BCUT2D eigenvalue weighted by Crippen LogP contribution is 2.36. The molecule has 25 heavy (non-hydrogen) atoms. The largest absolute Gasteiger partial charge is 0.479 e. The van der Waals surface area contributed by atoms with Crippen LogP contribution in [0.2, 0.25) is 0 Å². The van der Waals surface area contributed by atoms with E-state index in [4.69, 9.17) is 9.94 Å². The van der Waals surface area contributed by atoms with E-state index < -0.39 is 18.1 Å². The van der Waals surface area contributed by atoms with Crippen molar-refractivity contribution in [3.05, 3.63) is 108 Å². The van der Waals surface area contributed by atoms with Crippen LogP contribution in [0.3, 0.4) is 0 Å². The topological polar surface area (TPSA) is 58.6 Å². The molecule has 0 saturated heterocycles. The average Bonchev–Trinajstić information content (AvgIpc) is 2.67. The maximum absolute atomic E-state index is 10.9. The third kappa shape index (κ3) is 3.60. The first-order chi connectivity index (χ1) is 12.2. The standard InChI is InChI=1S/C21H19NO3/c23-20(24)16-25-22-21(17-10-4-1-5-11-17,18-12-6-2-7-13-18)19-14-8-3-9-15-19/h1-15,22H,16H2,(H,23,24). The minimum Gasteiger partial charge on any atom is -0.479 e. The van der Waals surface area contributed by atoms with Gasteiger partial charge in [-0.05, 0) is 16.7 Å². The van der Waals surface area contributed by atoms with Gasteiger partial charge in [0.25, 0.3) is 0 Å². The molecule has 0 saturated carbocycles. The Kier molecular flexibility index (Phi) is 5.23. The molecule has 0 aromatic heterocycles. The van der Waals surface area contributed by atoms with Gasteiger partial charge in [0.15, 0.2) is 6.61 Å². The quantitative estimate of drug-likeness (QED) is 0.512. The molecule has 126 valence electrons. The van der Waals surface area contributed by atoms with Crippen LogP contribution in [0, 0.1) is 0 Å². The molecule has 4 nitrogen and oxygen atoms in total. The number of hydrogen-bond acceptors (Lipinski definition) is 3. The fraction of sp³-hybridized carbons (Fsp3) is 0.0952. The van der Waals surface area contributed by atoms with E-state index >= 15 is 0 Å². The number of carboxylic acids is 1. The maximum Gasteiger partial charge on any atom is 0.331 e. The highest BCUT2D eigenvalue weighted by Gasteiger charge is 2.36. The van der Waals surface area contributed by atoms with Gasteiger partial charge < -0.3 is 5.11 Å². The van der Waals surface area contributed by atoms with E-state index in [0.717, 1.165) is 16.7 Å². The van der Waals surface area contributed by atoms with E-state index in [1.54, 1.807) is 0 Å². The van der Waals surface area contributed by atoms with Crippen molar-refractivity contribution in [1.82, 2.24) is 5.48 Å². The van der Waals surface area contributed by atoms with Crippen molar-refractivity contribution < 1.29 is 14.7 Å². The number of carbonyl (C=O) groups is 1. The lowest BCUT2D eigenvalue weighted by molar-refractivity contribution is -0.146. The first-order valence-corrected chi connectivity index (χ1v) is 8.01. The average molecular weight is 333 g/mol. The molecular weight excluding hydrogens is 314 g/mol. The lowest BCUT2D eigenvalue weighted by Gasteiger charge is -2.36. The predicted octanol–water partition coefficient (Wildman–Crippen LogP) is 3.58. The molecule has 3 rings (SSSR count). The van der Waals surface area contributed by atoms with E-state index in [2.05, 4.69) is 5.48 Å². The zero-order chi connectivity index (χ0) is 17.5. The zero-order valence-corrected chi connectivity index (χ0v) is 13.6. The van der Waals surface area contributed by atoms with E-state index in [0.29, 0.717) is 0 Å². The van der Waals surface area contributed by atoms with Gasteiger partial charge in [-0.1, -0.05) is 91.0 Å². The van der Waals surface area contributed by atoms with E-state index in [1.165, 1.54) is 0 Å². The van der Waals surface area contributed by atoms with Crippen molar-refractivity contribution >= 4 is 5.97 Å². The molecule has 0 atom stereocenters. The van der Waals surface area contributed by atoms with Crippen LogP contribution in [-0.2, 0) is 15.2 Å². The molecule has 0 heterocycles. The van der Waals surface area contributed by atoms with Crippen molar-refractivity contribution in [2.45, 2.75) is 5.54 Å². The number of aliphatic carboxylic acids is 1. The number of rotatable bonds is 7. The molecule has 2 N–H and O–H groups in total. The third-order valence-corrected chi connectivity index (χ3v) is 4.04. The van der Waals surface area contributed by atoms with Crippen molar-refractivity contribution in [3.8, 4) is 0 Å². The SMILES string of the molecule is O=C(O)CONC(c1ccccc1)(c1ccccc1)c1ccccc1. The molecular formula is C21H19NO3. The molecule has 0 unspecified atom stereocenters. The summed E-state index contributed by atoms with van der Waals surface area (Å²) >= 11 is 0. The molecule has 0 amide bonds. The fourth-order valence-corrected chi connectivity index (χ4v) is 2.95. The first kappa shape index (κ1) is 16.9. The minimum atomic E-state index is -1.03. The van der Waals surface area contributed by atoms with Gasteiger partial charge >= 0.3 is 5.97 Å². The minimum absolute atomic E-state index is 0.436. The Hall–Kier alpha value is -2.95. The second-order valence-corrected chi connectivity index (χ2v) is 5.63. The van der Waals surface area contributed by atoms with Gasteiger partial charge in [0.1, 0.15) is 5.54 Å². The number of carboxylic acid groups (broad SMARTS) is 1. The molecule has 0 aliphatic heterocycles. The molecule has 0 aliphatic carbocycles. The van der Waals surface area contributed by atoms with E-state index in [1.807, 2.05) is 91.0 Å². The van der Waals surface area contributed by atoms with Crippen molar-refractivity contribution in [3.63, 3.8) is 0 Å². The van der Waals surface area contributed by atoms with Crippen LogP contribution in [0.4, 0.5) is 0 Å². The van der Waals surface area contributed by atoms with Crippen LogP contribution in [0.15, 0.2) is 91.0 Å². The van der Waals surface area contributed by atoms with Gasteiger partial charge in [-0.2, -0.15) is 5.48 Å². The summed E-state index contributed by atoms with van der Waals surface area (Å²) in [7, 11) is 0. The lowest BCUT2D eigenvalue weighted by Crippen LogP contribution is -2.45. The summed E-state index contributed by atoms with van der Waals surface area (Å²) in [5.41, 5.74) is 5.08. The Balaban J connectivity index is 2.18. The monoisotopic (exact) mass is 333 g/mol. The van der Waals surface area contributed by atoms with Crippen molar-refractivity contribution in [2.75, 3.05) is 6.61 Å².